The van der Waals surface area contributed by atoms with E-state index in [0.717, 1.165) is 23.7 Å². The molecular weight excluding hydrogens is 381 g/mol. The molecule has 0 spiro atoms. The van der Waals surface area contributed by atoms with Gasteiger partial charge in [0.1, 0.15) is 4.90 Å². The maximum absolute atomic E-state index is 12.8. The Kier molecular flexibility index (Phi) is 3.70. The number of hydrogen-bond acceptors (Lipinski definition) is 3. The van der Waals surface area contributed by atoms with E-state index < -0.39 is 21.8 Å². The molecule has 0 saturated carbocycles. The summed E-state index contributed by atoms with van der Waals surface area (Å²) < 4.78 is 68.1. The van der Waals surface area contributed by atoms with Crippen molar-refractivity contribution in [1.82, 2.24) is 14.5 Å². The summed E-state index contributed by atoms with van der Waals surface area (Å²) in [6.07, 6.45) is -1.72. The molecule has 2 aromatic heterocycles. The molecule has 2 heterocycles. The maximum Gasteiger partial charge on any atom is 0.416 e. The van der Waals surface area contributed by atoms with Crippen LogP contribution < -0.4 is 4.72 Å². The number of halogens is 3. The molecule has 0 bridgehead atoms. The molecule has 0 aliphatic heterocycles. The van der Waals surface area contributed by atoms with E-state index >= 15 is 0 Å². The van der Waals surface area contributed by atoms with Crippen LogP contribution in [-0.4, -0.2) is 23.0 Å². The molecule has 4 aromatic rings. The second kappa shape index (κ2) is 5.74. The Morgan fingerprint density at radius 3 is 2.67 bits per heavy atom. The van der Waals surface area contributed by atoms with Crippen LogP contribution in [0.1, 0.15) is 5.56 Å². The number of imidazole rings is 1. The van der Waals surface area contributed by atoms with Crippen molar-refractivity contribution in [2.24, 2.45) is 7.05 Å². The number of aromatic nitrogens is 3. The Balaban J connectivity index is 1.72. The number of nitrogens with zero attached hydrogens (tertiary/aromatic N) is 2. The van der Waals surface area contributed by atoms with Gasteiger partial charge in [-0.3, -0.25) is 4.72 Å². The van der Waals surface area contributed by atoms with Crippen molar-refractivity contribution in [3.8, 4) is 0 Å². The van der Waals surface area contributed by atoms with E-state index in [1.165, 1.54) is 6.20 Å². The first-order valence-corrected chi connectivity index (χ1v) is 9.26. The third-order valence-electron chi connectivity index (χ3n) is 4.24. The molecule has 0 unspecified atom stereocenters. The number of anilines is 1. The Morgan fingerprint density at radius 2 is 1.93 bits per heavy atom. The van der Waals surface area contributed by atoms with Gasteiger partial charge in [0.25, 0.3) is 10.0 Å². The summed E-state index contributed by atoms with van der Waals surface area (Å²) >= 11 is 0. The summed E-state index contributed by atoms with van der Waals surface area (Å²) in [4.78, 5) is 6.63. The number of benzene rings is 2. The number of aromatic amines is 1. The Bertz CT molecular complexity index is 1270. The Morgan fingerprint density at radius 1 is 1.15 bits per heavy atom. The highest BCUT2D eigenvalue weighted by molar-refractivity contribution is 7.93. The van der Waals surface area contributed by atoms with Crippen LogP contribution in [-0.2, 0) is 23.2 Å². The van der Waals surface area contributed by atoms with E-state index in [1.54, 1.807) is 29.1 Å². The number of fused-ring (bicyclic) bond motifs is 2. The average Bonchev–Trinajstić information content (AvgIpc) is 3.17. The van der Waals surface area contributed by atoms with Gasteiger partial charge in [0, 0.05) is 24.1 Å². The van der Waals surface area contributed by atoms with Crippen molar-refractivity contribution in [3.63, 3.8) is 0 Å². The first kappa shape index (κ1) is 17.4. The molecular formula is C17H13F3N4O2S. The van der Waals surface area contributed by atoms with Crippen LogP contribution in [0.5, 0.6) is 0 Å². The van der Waals surface area contributed by atoms with Gasteiger partial charge < -0.3 is 9.55 Å². The van der Waals surface area contributed by atoms with Crippen LogP contribution >= 0.6 is 0 Å². The highest BCUT2D eigenvalue weighted by Gasteiger charge is 2.31. The summed E-state index contributed by atoms with van der Waals surface area (Å²) in [5.41, 5.74) is 0.998. The molecule has 0 saturated heterocycles. The zero-order chi connectivity index (χ0) is 19.4. The summed E-state index contributed by atoms with van der Waals surface area (Å²) in [6, 6.07) is 7.79. The van der Waals surface area contributed by atoms with E-state index in [9.17, 15) is 21.6 Å². The van der Waals surface area contributed by atoms with Crippen LogP contribution in [0.2, 0.25) is 0 Å². The second-order valence-electron chi connectivity index (χ2n) is 6.08. The summed E-state index contributed by atoms with van der Waals surface area (Å²) in [6.45, 7) is 0. The molecule has 2 N–H and O–H groups in total. The van der Waals surface area contributed by atoms with Gasteiger partial charge in [-0.25, -0.2) is 13.4 Å². The zero-order valence-electron chi connectivity index (χ0n) is 13.9. The minimum absolute atomic E-state index is 0.0883. The molecule has 6 nitrogen and oxygen atoms in total. The van der Waals surface area contributed by atoms with Crippen molar-refractivity contribution in [1.29, 1.82) is 0 Å². The highest BCUT2D eigenvalue weighted by Crippen LogP contribution is 2.33. The number of rotatable bonds is 3. The number of alkyl halides is 3. The lowest BCUT2D eigenvalue weighted by atomic mass is 10.1. The van der Waals surface area contributed by atoms with Gasteiger partial charge in [0.15, 0.2) is 0 Å². The van der Waals surface area contributed by atoms with Crippen LogP contribution in [0.25, 0.3) is 21.9 Å². The lowest BCUT2D eigenvalue weighted by molar-refractivity contribution is -0.137. The molecule has 4 rings (SSSR count). The van der Waals surface area contributed by atoms with Crippen molar-refractivity contribution >= 4 is 37.6 Å². The van der Waals surface area contributed by atoms with Crippen LogP contribution in [0.4, 0.5) is 18.9 Å². The van der Waals surface area contributed by atoms with E-state index in [1.807, 2.05) is 7.05 Å². The van der Waals surface area contributed by atoms with Crippen LogP contribution in [0.15, 0.2) is 53.8 Å². The fourth-order valence-corrected chi connectivity index (χ4v) is 4.14. The third kappa shape index (κ3) is 3.01. The molecule has 0 radical (unpaired) electrons. The normalized spacial score (nSPS) is 12.7. The number of aryl methyl sites for hydroxylation is 1. The van der Waals surface area contributed by atoms with Gasteiger partial charge in [0.05, 0.1) is 28.6 Å². The first-order valence-electron chi connectivity index (χ1n) is 7.77. The van der Waals surface area contributed by atoms with Crippen molar-refractivity contribution in [2.75, 3.05) is 4.72 Å². The fraction of sp³-hybridized carbons (Fsp3) is 0.118. The molecule has 0 aliphatic carbocycles. The minimum atomic E-state index is -4.51. The van der Waals surface area contributed by atoms with Crippen molar-refractivity contribution in [3.05, 3.63) is 54.5 Å². The maximum atomic E-state index is 12.8. The first-order chi connectivity index (χ1) is 12.6. The molecule has 0 amide bonds. The Hall–Kier alpha value is -3.01. The van der Waals surface area contributed by atoms with Crippen LogP contribution in [0.3, 0.4) is 0 Å². The van der Waals surface area contributed by atoms with E-state index in [-0.39, 0.29) is 15.8 Å². The fourth-order valence-electron chi connectivity index (χ4n) is 2.91. The van der Waals surface area contributed by atoms with Crippen molar-refractivity contribution < 1.29 is 21.6 Å². The number of hydrogen-bond donors (Lipinski definition) is 2. The van der Waals surface area contributed by atoms with Gasteiger partial charge in [-0.1, -0.05) is 6.07 Å². The lowest BCUT2D eigenvalue weighted by Crippen LogP contribution is -2.12. The molecule has 27 heavy (non-hydrogen) atoms. The van der Waals surface area contributed by atoms with Gasteiger partial charge in [-0.05, 0) is 30.3 Å². The monoisotopic (exact) mass is 394 g/mol. The van der Waals surface area contributed by atoms with Gasteiger partial charge in [0.2, 0.25) is 0 Å². The minimum Gasteiger partial charge on any atom is -0.360 e. The summed E-state index contributed by atoms with van der Waals surface area (Å²) in [5.74, 6) is 0. The lowest BCUT2D eigenvalue weighted by Gasteiger charge is -2.08. The molecule has 10 heteroatoms. The quantitative estimate of drug-likeness (QED) is 0.554. The van der Waals surface area contributed by atoms with Crippen LogP contribution in [0, 0.1) is 0 Å². The number of nitrogens with one attached hydrogen (secondary N) is 2. The van der Waals surface area contributed by atoms with E-state index in [4.69, 9.17) is 0 Å². The van der Waals surface area contributed by atoms with E-state index in [0.29, 0.717) is 11.2 Å². The number of sulfonamides is 1. The second-order valence-corrected chi connectivity index (χ2v) is 7.73. The topological polar surface area (TPSA) is 79.8 Å². The zero-order valence-corrected chi connectivity index (χ0v) is 14.7. The summed E-state index contributed by atoms with van der Waals surface area (Å²) in [7, 11) is -2.18. The molecule has 0 atom stereocenters. The largest absolute Gasteiger partial charge is 0.416 e. The van der Waals surface area contributed by atoms with Crippen molar-refractivity contribution in [2.45, 2.75) is 11.1 Å². The Labute approximate surface area is 151 Å². The molecule has 0 aliphatic rings. The standard InChI is InChI=1S/C17H13F3N4O2S/c1-24-9-22-14-7-11(3-5-15(14)24)23-27(25,26)16-8-21-13-6-10(17(18,19)20)2-4-12(13)16/h2-9,21,23H,1H3. The average molecular weight is 394 g/mol. The van der Waals surface area contributed by atoms with E-state index in [2.05, 4.69) is 14.7 Å². The highest BCUT2D eigenvalue weighted by atomic mass is 32.2. The summed E-state index contributed by atoms with van der Waals surface area (Å²) in [5, 5.41) is 0.175. The predicted molar refractivity (Wildman–Crippen MR) is 94.8 cm³/mol. The van der Waals surface area contributed by atoms with Gasteiger partial charge >= 0.3 is 6.18 Å². The predicted octanol–water partition coefficient (Wildman–Crippen LogP) is 3.87. The van der Waals surface area contributed by atoms with Gasteiger partial charge in [-0.15, -0.1) is 0 Å². The molecule has 2 aromatic carbocycles. The third-order valence-corrected chi connectivity index (χ3v) is 5.66. The number of H-pyrrole nitrogens is 1. The smallest absolute Gasteiger partial charge is 0.360 e. The van der Waals surface area contributed by atoms with Gasteiger partial charge in [-0.2, -0.15) is 13.2 Å². The SMILES string of the molecule is Cn1cnc2cc(NS(=O)(=O)c3c[nH]c4cc(C(F)(F)F)ccc34)ccc21. The molecule has 0 fully saturated rings. The molecule has 140 valence electrons.